The van der Waals surface area contributed by atoms with Crippen LogP contribution in [0, 0.1) is 0 Å². The van der Waals surface area contributed by atoms with Crippen molar-refractivity contribution in [1.82, 2.24) is 0 Å². The van der Waals surface area contributed by atoms with E-state index in [1.807, 2.05) is 0 Å². The number of hydrogen-bond donors (Lipinski definition) is 1. The summed E-state index contributed by atoms with van der Waals surface area (Å²) in [5.41, 5.74) is 5.09. The average Bonchev–Trinajstić information content (AvgIpc) is 1.90. The zero-order chi connectivity index (χ0) is 9.28. The molecule has 0 heterocycles. The van der Waals surface area contributed by atoms with Gasteiger partial charge in [-0.15, -0.1) is 0 Å². The first-order valence-corrected chi connectivity index (χ1v) is 2.88. The molecule has 0 aliphatic carbocycles. The van der Waals surface area contributed by atoms with Crippen molar-refractivity contribution in [3.8, 4) is 0 Å². The molecule has 0 saturated heterocycles. The molecule has 62 valence electrons. The number of nitrogens with two attached hydrogens (primary N) is 1. The van der Waals surface area contributed by atoms with Gasteiger partial charge in [0.1, 0.15) is 0 Å². The Bertz CT molecular complexity index is 143. The first kappa shape index (κ1) is 12.2. The summed E-state index contributed by atoms with van der Waals surface area (Å²) in [6.07, 6.45) is 2.62. The van der Waals surface area contributed by atoms with Gasteiger partial charge in [-0.1, -0.05) is 19.7 Å². The van der Waals surface area contributed by atoms with E-state index >= 15 is 0 Å². The number of rotatable bonds is 3. The van der Waals surface area contributed by atoms with E-state index in [2.05, 4.69) is 24.5 Å². The van der Waals surface area contributed by atoms with Crippen molar-refractivity contribution in [2.24, 2.45) is 5.73 Å². The standard InChI is InChI=1S/C4H7NO.C4H6O/c1-3(2)4(5)6;1-3-5-4-2/h1H2,2H3,(H2,5,6);3-4H,1-2H2. The molecule has 0 aromatic rings. The van der Waals surface area contributed by atoms with Crippen molar-refractivity contribution >= 4 is 5.91 Å². The second kappa shape index (κ2) is 8.49. The quantitative estimate of drug-likeness (QED) is 0.494. The Hall–Kier alpha value is -1.51. The summed E-state index contributed by atoms with van der Waals surface area (Å²) in [5, 5.41) is 0. The highest BCUT2D eigenvalue weighted by Gasteiger charge is 1.86. The number of primary amides is 1. The molecule has 0 rings (SSSR count). The normalized spacial score (nSPS) is 6.64. The minimum absolute atomic E-state index is 0.398. The molecule has 3 heteroatoms. The third kappa shape index (κ3) is 17.7. The number of carbonyl (C=O) groups is 1. The second-order valence-corrected chi connectivity index (χ2v) is 1.61. The van der Waals surface area contributed by atoms with Crippen molar-refractivity contribution < 1.29 is 9.53 Å². The summed E-state index contributed by atoms with van der Waals surface area (Å²) in [5.74, 6) is -0.435. The van der Waals surface area contributed by atoms with E-state index in [1.54, 1.807) is 6.92 Å². The first-order valence-electron chi connectivity index (χ1n) is 2.88. The Morgan fingerprint density at radius 1 is 1.45 bits per heavy atom. The van der Waals surface area contributed by atoms with E-state index in [0.29, 0.717) is 5.57 Å². The zero-order valence-electron chi connectivity index (χ0n) is 6.67. The van der Waals surface area contributed by atoms with Crippen molar-refractivity contribution in [2.45, 2.75) is 6.92 Å². The van der Waals surface area contributed by atoms with Crippen LogP contribution >= 0.6 is 0 Å². The molecule has 0 unspecified atom stereocenters. The molecule has 1 amide bonds. The fourth-order valence-corrected chi connectivity index (χ4v) is 0.0680. The van der Waals surface area contributed by atoms with Gasteiger partial charge in [-0.25, -0.2) is 0 Å². The van der Waals surface area contributed by atoms with Gasteiger partial charge < -0.3 is 10.5 Å². The highest BCUT2D eigenvalue weighted by Crippen LogP contribution is 1.78. The average molecular weight is 155 g/mol. The van der Waals surface area contributed by atoms with Crippen LogP contribution in [0.4, 0.5) is 0 Å². The Kier molecular flexibility index (Phi) is 9.41. The number of hydrogen-bond acceptors (Lipinski definition) is 2. The molecule has 0 aliphatic heterocycles. The lowest BCUT2D eigenvalue weighted by Crippen LogP contribution is -2.10. The number of carbonyl (C=O) groups excluding carboxylic acids is 1. The van der Waals surface area contributed by atoms with E-state index in [0.717, 1.165) is 0 Å². The summed E-state index contributed by atoms with van der Waals surface area (Å²) in [4.78, 5) is 9.82. The molecule has 0 aliphatic rings. The number of amides is 1. The minimum atomic E-state index is -0.435. The molecule has 3 nitrogen and oxygen atoms in total. The van der Waals surface area contributed by atoms with E-state index < -0.39 is 5.91 Å². The summed E-state index contributed by atoms with van der Waals surface area (Å²) in [6.45, 7) is 11.4. The Balaban J connectivity index is 0. The number of ether oxygens (including phenoxy) is 1. The molecule has 0 bridgehead atoms. The van der Waals surface area contributed by atoms with Gasteiger partial charge >= 0.3 is 0 Å². The van der Waals surface area contributed by atoms with Crippen LogP contribution in [0.5, 0.6) is 0 Å². The van der Waals surface area contributed by atoms with Gasteiger partial charge in [0.05, 0.1) is 12.5 Å². The smallest absolute Gasteiger partial charge is 0.243 e. The first-order chi connectivity index (χ1) is 5.06. The predicted molar refractivity (Wildman–Crippen MR) is 45.5 cm³/mol. The van der Waals surface area contributed by atoms with Crippen LogP contribution in [-0.4, -0.2) is 5.91 Å². The van der Waals surface area contributed by atoms with Gasteiger partial charge in [-0.05, 0) is 6.92 Å². The highest BCUT2D eigenvalue weighted by molar-refractivity contribution is 5.90. The molecular weight excluding hydrogens is 142 g/mol. The van der Waals surface area contributed by atoms with Gasteiger partial charge in [0, 0.05) is 5.57 Å². The molecule has 0 spiro atoms. The van der Waals surface area contributed by atoms with Crippen LogP contribution in [0.3, 0.4) is 0 Å². The van der Waals surface area contributed by atoms with Crippen LogP contribution in [0.15, 0.2) is 37.8 Å². The van der Waals surface area contributed by atoms with Gasteiger partial charge in [-0.3, -0.25) is 4.79 Å². The molecule has 2 N–H and O–H groups in total. The van der Waals surface area contributed by atoms with Crippen LogP contribution in [-0.2, 0) is 9.53 Å². The van der Waals surface area contributed by atoms with Crippen LogP contribution in [0.1, 0.15) is 6.92 Å². The predicted octanol–water partition coefficient (Wildman–Crippen LogP) is 1.34. The van der Waals surface area contributed by atoms with Gasteiger partial charge in [0.2, 0.25) is 5.91 Å². The van der Waals surface area contributed by atoms with E-state index in [1.165, 1.54) is 12.5 Å². The van der Waals surface area contributed by atoms with Crippen LogP contribution < -0.4 is 5.73 Å². The monoisotopic (exact) mass is 155 g/mol. The Labute approximate surface area is 66.8 Å². The molecule has 0 fully saturated rings. The molecule has 0 radical (unpaired) electrons. The Morgan fingerprint density at radius 3 is 1.73 bits per heavy atom. The van der Waals surface area contributed by atoms with Crippen molar-refractivity contribution in [3.63, 3.8) is 0 Å². The third-order valence-electron chi connectivity index (χ3n) is 0.613. The lowest BCUT2D eigenvalue weighted by Gasteiger charge is -1.81. The molecular formula is C8H13NO2. The fraction of sp³-hybridized carbons (Fsp3) is 0.125. The Morgan fingerprint density at radius 2 is 1.73 bits per heavy atom. The van der Waals surface area contributed by atoms with Crippen molar-refractivity contribution in [2.75, 3.05) is 0 Å². The van der Waals surface area contributed by atoms with E-state index in [9.17, 15) is 4.79 Å². The summed E-state index contributed by atoms with van der Waals surface area (Å²) >= 11 is 0. The van der Waals surface area contributed by atoms with Gasteiger partial charge in [-0.2, -0.15) is 0 Å². The molecule has 0 saturated carbocycles. The van der Waals surface area contributed by atoms with E-state index in [4.69, 9.17) is 5.73 Å². The van der Waals surface area contributed by atoms with Crippen molar-refractivity contribution in [1.29, 1.82) is 0 Å². The zero-order valence-corrected chi connectivity index (χ0v) is 6.67. The summed E-state index contributed by atoms with van der Waals surface area (Å²) in [6, 6.07) is 0. The van der Waals surface area contributed by atoms with Crippen LogP contribution in [0.2, 0.25) is 0 Å². The van der Waals surface area contributed by atoms with Crippen LogP contribution in [0.25, 0.3) is 0 Å². The maximum atomic E-state index is 9.82. The van der Waals surface area contributed by atoms with E-state index in [-0.39, 0.29) is 0 Å². The largest absolute Gasteiger partial charge is 0.474 e. The second-order valence-electron chi connectivity index (χ2n) is 1.61. The highest BCUT2D eigenvalue weighted by atomic mass is 16.5. The fourth-order valence-electron chi connectivity index (χ4n) is 0.0680. The lowest BCUT2D eigenvalue weighted by molar-refractivity contribution is -0.114. The maximum Gasteiger partial charge on any atom is 0.243 e. The SMILES string of the molecule is C=C(C)C(N)=O.C=COC=C. The van der Waals surface area contributed by atoms with Gasteiger partial charge in [0.25, 0.3) is 0 Å². The van der Waals surface area contributed by atoms with Gasteiger partial charge in [0.15, 0.2) is 0 Å². The van der Waals surface area contributed by atoms with Crippen molar-refractivity contribution in [3.05, 3.63) is 37.8 Å². The minimum Gasteiger partial charge on any atom is -0.474 e. The molecule has 0 aromatic carbocycles. The summed E-state index contributed by atoms with van der Waals surface area (Å²) in [7, 11) is 0. The molecule has 0 atom stereocenters. The summed E-state index contributed by atoms with van der Waals surface area (Å²) < 4.78 is 4.36. The lowest BCUT2D eigenvalue weighted by atomic mass is 10.3. The maximum absolute atomic E-state index is 9.82. The topological polar surface area (TPSA) is 52.3 Å². The molecule has 0 aromatic heterocycles. The third-order valence-corrected chi connectivity index (χ3v) is 0.613. The molecule has 11 heavy (non-hydrogen) atoms.